The van der Waals surface area contributed by atoms with E-state index in [9.17, 15) is 4.79 Å². The van der Waals surface area contributed by atoms with Crippen LogP contribution in [-0.4, -0.2) is 75.9 Å². The van der Waals surface area contributed by atoms with Crippen LogP contribution in [0.4, 0.5) is 10.5 Å². The molecule has 2 aliphatic heterocycles. The first kappa shape index (κ1) is 22.3. The van der Waals surface area contributed by atoms with E-state index in [1.165, 1.54) is 24.1 Å². The molecule has 32 heavy (non-hydrogen) atoms. The number of benzene rings is 2. The van der Waals surface area contributed by atoms with Gasteiger partial charge in [0, 0.05) is 38.4 Å². The summed E-state index contributed by atoms with van der Waals surface area (Å²) in [6, 6.07) is 16.5. The van der Waals surface area contributed by atoms with Crippen LogP contribution >= 0.6 is 0 Å². The number of amides is 2. The molecule has 2 aliphatic rings. The van der Waals surface area contributed by atoms with E-state index in [1.807, 2.05) is 29.2 Å². The number of likely N-dealkylation sites (tertiary alicyclic amines) is 1. The van der Waals surface area contributed by atoms with Crippen molar-refractivity contribution in [2.75, 3.05) is 64.9 Å². The number of nitrogens with zero attached hydrogens (tertiary/aromatic N) is 3. The van der Waals surface area contributed by atoms with Crippen LogP contribution in [0.25, 0.3) is 0 Å². The van der Waals surface area contributed by atoms with Crippen molar-refractivity contribution in [1.29, 1.82) is 0 Å². The molecule has 2 fully saturated rings. The van der Waals surface area contributed by atoms with Gasteiger partial charge in [-0.05, 0) is 67.9 Å². The maximum atomic E-state index is 12.9. The second-order valence-corrected chi connectivity index (χ2v) is 8.39. The molecule has 0 spiro atoms. The normalized spacial score (nSPS) is 17.8. The van der Waals surface area contributed by atoms with Gasteiger partial charge in [0.1, 0.15) is 11.5 Å². The first-order valence-electron chi connectivity index (χ1n) is 11.5. The summed E-state index contributed by atoms with van der Waals surface area (Å²) in [7, 11) is 3.36. The molecular weight excluding hydrogens is 404 g/mol. The van der Waals surface area contributed by atoms with Crippen LogP contribution in [0.15, 0.2) is 48.5 Å². The number of ether oxygens (including phenoxy) is 2. The summed E-state index contributed by atoms with van der Waals surface area (Å²) in [5, 5.41) is 3.21. The zero-order valence-electron chi connectivity index (χ0n) is 19.1. The van der Waals surface area contributed by atoms with E-state index in [2.05, 4.69) is 39.4 Å². The lowest BCUT2D eigenvalue weighted by Crippen LogP contribution is -2.52. The Hall–Kier alpha value is -2.93. The summed E-state index contributed by atoms with van der Waals surface area (Å²) in [6.07, 6.45) is 2.43. The molecule has 0 saturated carbocycles. The summed E-state index contributed by atoms with van der Waals surface area (Å²) < 4.78 is 10.5. The zero-order chi connectivity index (χ0) is 22.3. The number of carbonyl (C=O) groups is 1. The van der Waals surface area contributed by atoms with Crippen LogP contribution in [0.3, 0.4) is 0 Å². The van der Waals surface area contributed by atoms with Crippen LogP contribution in [0.1, 0.15) is 24.4 Å². The average molecular weight is 439 g/mol. The van der Waals surface area contributed by atoms with Crippen molar-refractivity contribution in [3.8, 4) is 11.5 Å². The molecule has 4 rings (SSSR count). The van der Waals surface area contributed by atoms with Crippen LogP contribution in [-0.2, 0) is 0 Å². The highest BCUT2D eigenvalue weighted by molar-refractivity contribution is 5.74. The van der Waals surface area contributed by atoms with Crippen LogP contribution in [0.2, 0.25) is 0 Å². The third kappa shape index (κ3) is 5.27. The molecule has 0 unspecified atom stereocenters. The lowest BCUT2D eigenvalue weighted by Gasteiger charge is -2.36. The zero-order valence-corrected chi connectivity index (χ0v) is 19.1. The number of hydrogen-bond acceptors (Lipinski definition) is 5. The molecule has 2 heterocycles. The minimum atomic E-state index is 0.0251. The van der Waals surface area contributed by atoms with Crippen molar-refractivity contribution >= 4 is 11.7 Å². The number of piperazine rings is 1. The monoisotopic (exact) mass is 438 g/mol. The van der Waals surface area contributed by atoms with E-state index in [-0.39, 0.29) is 12.1 Å². The molecule has 0 aromatic heterocycles. The Labute approximate surface area is 190 Å². The Morgan fingerprint density at radius 2 is 1.41 bits per heavy atom. The van der Waals surface area contributed by atoms with E-state index in [0.29, 0.717) is 6.54 Å². The lowest BCUT2D eigenvalue weighted by atomic mass is 10.1. The van der Waals surface area contributed by atoms with Gasteiger partial charge in [0.15, 0.2) is 0 Å². The van der Waals surface area contributed by atoms with Crippen LogP contribution in [0.5, 0.6) is 11.5 Å². The number of nitrogens with one attached hydrogen (secondary N) is 1. The molecule has 2 aromatic carbocycles. The van der Waals surface area contributed by atoms with Crippen molar-refractivity contribution in [1.82, 2.24) is 15.1 Å². The summed E-state index contributed by atoms with van der Waals surface area (Å²) in [6.45, 7) is 5.86. The van der Waals surface area contributed by atoms with Crippen molar-refractivity contribution in [2.45, 2.75) is 18.9 Å². The smallest absolute Gasteiger partial charge is 0.317 e. The van der Waals surface area contributed by atoms with Gasteiger partial charge in [-0.2, -0.15) is 0 Å². The Morgan fingerprint density at radius 1 is 0.844 bits per heavy atom. The fourth-order valence-corrected chi connectivity index (χ4v) is 4.59. The van der Waals surface area contributed by atoms with Crippen LogP contribution in [0, 0.1) is 0 Å². The molecule has 0 bridgehead atoms. The molecule has 2 saturated heterocycles. The maximum Gasteiger partial charge on any atom is 0.317 e. The molecule has 7 nitrogen and oxygen atoms in total. The maximum absolute atomic E-state index is 12.9. The van der Waals surface area contributed by atoms with Gasteiger partial charge in [0.05, 0.1) is 20.3 Å². The Morgan fingerprint density at radius 3 is 1.97 bits per heavy atom. The van der Waals surface area contributed by atoms with Gasteiger partial charge >= 0.3 is 6.03 Å². The summed E-state index contributed by atoms with van der Waals surface area (Å²) in [4.78, 5) is 19.6. The molecule has 7 heteroatoms. The molecule has 2 amide bonds. The number of anilines is 1. The highest BCUT2D eigenvalue weighted by atomic mass is 16.5. The Balaban J connectivity index is 1.32. The lowest BCUT2D eigenvalue weighted by molar-refractivity contribution is 0.185. The molecular formula is C25H34N4O3. The van der Waals surface area contributed by atoms with E-state index < -0.39 is 0 Å². The first-order valence-corrected chi connectivity index (χ1v) is 11.5. The van der Waals surface area contributed by atoms with Gasteiger partial charge in [-0.15, -0.1) is 0 Å². The van der Waals surface area contributed by atoms with Crippen LogP contribution < -0.4 is 19.7 Å². The van der Waals surface area contributed by atoms with Gasteiger partial charge in [-0.25, -0.2) is 4.79 Å². The van der Waals surface area contributed by atoms with E-state index >= 15 is 0 Å². The molecule has 172 valence electrons. The number of methoxy groups -OCH3 is 2. The van der Waals surface area contributed by atoms with E-state index in [1.54, 1.807) is 14.2 Å². The second kappa shape index (κ2) is 10.6. The summed E-state index contributed by atoms with van der Waals surface area (Å²) in [5.41, 5.74) is 2.39. The van der Waals surface area contributed by atoms with E-state index in [4.69, 9.17) is 9.47 Å². The molecule has 1 atom stereocenters. The van der Waals surface area contributed by atoms with Crippen molar-refractivity contribution in [3.05, 3.63) is 54.1 Å². The molecule has 0 radical (unpaired) electrons. The van der Waals surface area contributed by atoms with Gasteiger partial charge in [-0.1, -0.05) is 12.1 Å². The predicted octanol–water partition coefficient (Wildman–Crippen LogP) is 3.37. The second-order valence-electron chi connectivity index (χ2n) is 8.39. The number of urea groups is 1. The standard InChI is InChI=1S/C25H34N4O3/c1-31-22-9-5-20(6-10-22)24(28-13-3-4-14-28)19-26-25(30)29-17-15-27(16-18-29)21-7-11-23(32-2)12-8-21/h5-12,24H,3-4,13-19H2,1-2H3,(H,26,30)/t24-/m0/s1. The Kier molecular flexibility index (Phi) is 7.37. The minimum Gasteiger partial charge on any atom is -0.497 e. The first-order chi connectivity index (χ1) is 15.7. The summed E-state index contributed by atoms with van der Waals surface area (Å²) in [5.74, 6) is 1.71. The quantitative estimate of drug-likeness (QED) is 0.718. The largest absolute Gasteiger partial charge is 0.497 e. The number of carbonyl (C=O) groups excluding carboxylic acids is 1. The highest BCUT2D eigenvalue weighted by Crippen LogP contribution is 2.26. The molecule has 2 aromatic rings. The topological polar surface area (TPSA) is 57.3 Å². The Bertz CT molecular complexity index is 858. The molecule has 0 aliphatic carbocycles. The van der Waals surface area contributed by atoms with Gasteiger partial charge < -0.3 is 24.6 Å². The van der Waals surface area contributed by atoms with Crippen molar-refractivity contribution in [3.63, 3.8) is 0 Å². The predicted molar refractivity (Wildman–Crippen MR) is 127 cm³/mol. The number of rotatable bonds is 7. The summed E-state index contributed by atoms with van der Waals surface area (Å²) >= 11 is 0. The van der Waals surface area contributed by atoms with E-state index in [0.717, 1.165) is 50.8 Å². The minimum absolute atomic E-state index is 0.0251. The fraction of sp³-hybridized carbons (Fsp3) is 0.480. The number of hydrogen-bond donors (Lipinski definition) is 1. The third-order valence-electron chi connectivity index (χ3n) is 6.53. The van der Waals surface area contributed by atoms with Crippen molar-refractivity contribution < 1.29 is 14.3 Å². The van der Waals surface area contributed by atoms with Gasteiger partial charge in [0.2, 0.25) is 0 Å². The average Bonchev–Trinajstić information content (AvgIpc) is 3.39. The van der Waals surface area contributed by atoms with Crippen molar-refractivity contribution in [2.24, 2.45) is 0 Å². The van der Waals surface area contributed by atoms with Gasteiger partial charge in [-0.3, -0.25) is 4.90 Å². The third-order valence-corrected chi connectivity index (χ3v) is 6.53. The van der Waals surface area contributed by atoms with Gasteiger partial charge in [0.25, 0.3) is 0 Å². The fourth-order valence-electron chi connectivity index (χ4n) is 4.59. The molecule has 1 N–H and O–H groups in total. The SMILES string of the molecule is COc1ccc([C@H](CNC(=O)N2CCN(c3ccc(OC)cc3)CC2)N2CCCC2)cc1. The highest BCUT2D eigenvalue weighted by Gasteiger charge is 2.26.